The van der Waals surface area contributed by atoms with Crippen molar-refractivity contribution in [3.05, 3.63) is 71.4 Å². The van der Waals surface area contributed by atoms with Crippen LogP contribution in [0, 0.1) is 11.6 Å². The normalized spacial score (nSPS) is 12.9. The summed E-state index contributed by atoms with van der Waals surface area (Å²) in [5.41, 5.74) is -0.174. The van der Waals surface area contributed by atoms with Crippen molar-refractivity contribution >= 4 is 26.6 Å². The van der Waals surface area contributed by atoms with Crippen LogP contribution < -0.4 is 4.72 Å². The van der Waals surface area contributed by atoms with Gasteiger partial charge in [-0.15, -0.1) is 0 Å². The van der Waals surface area contributed by atoms with Crippen LogP contribution in [-0.2, 0) is 10.0 Å². The molecule has 27 heavy (non-hydrogen) atoms. The van der Waals surface area contributed by atoms with E-state index >= 15 is 0 Å². The fraction of sp³-hybridized carbons (Fsp3) is 0.211. The quantitative estimate of drug-likeness (QED) is 0.670. The van der Waals surface area contributed by atoms with Crippen molar-refractivity contribution in [2.24, 2.45) is 0 Å². The predicted molar refractivity (Wildman–Crippen MR) is 99.9 cm³/mol. The molecule has 2 aromatic carbocycles. The Balaban J connectivity index is 2.02. The molecule has 2 N–H and O–H groups in total. The number of halogens is 2. The number of aliphatic hydroxyl groups is 1. The Morgan fingerprint density at radius 3 is 2.67 bits per heavy atom. The highest BCUT2D eigenvalue weighted by atomic mass is 32.2. The number of anilines is 1. The Labute approximate surface area is 155 Å². The van der Waals surface area contributed by atoms with E-state index < -0.39 is 39.0 Å². The molecule has 0 fully saturated rings. The zero-order valence-corrected chi connectivity index (χ0v) is 15.3. The maximum absolute atomic E-state index is 14.8. The van der Waals surface area contributed by atoms with Gasteiger partial charge in [-0.05, 0) is 30.7 Å². The molecular formula is C19H18F2N2O3S. The number of rotatable bonds is 6. The van der Waals surface area contributed by atoms with E-state index in [0.29, 0.717) is 17.3 Å². The molecule has 0 radical (unpaired) electrons. The smallest absolute Gasteiger partial charge is 0.232 e. The highest BCUT2D eigenvalue weighted by molar-refractivity contribution is 7.92. The Hall–Kier alpha value is -2.58. The van der Waals surface area contributed by atoms with E-state index in [4.69, 9.17) is 0 Å². The third-order valence-electron chi connectivity index (χ3n) is 4.07. The zero-order chi connectivity index (χ0) is 19.6. The minimum atomic E-state index is -3.76. The Morgan fingerprint density at radius 2 is 1.93 bits per heavy atom. The summed E-state index contributed by atoms with van der Waals surface area (Å²) in [6.07, 6.45) is 0.0358. The molecule has 0 aliphatic heterocycles. The molecule has 1 unspecified atom stereocenters. The second kappa shape index (κ2) is 7.58. The number of aliphatic hydroxyl groups excluding tert-OH is 1. The highest BCUT2D eigenvalue weighted by Crippen LogP contribution is 2.32. The van der Waals surface area contributed by atoms with Gasteiger partial charge in [-0.25, -0.2) is 17.2 Å². The van der Waals surface area contributed by atoms with Gasteiger partial charge in [0.1, 0.15) is 11.9 Å². The van der Waals surface area contributed by atoms with E-state index in [2.05, 4.69) is 9.71 Å². The second-order valence-corrected chi connectivity index (χ2v) is 7.95. The van der Waals surface area contributed by atoms with Crippen LogP contribution in [0.4, 0.5) is 14.5 Å². The molecule has 1 heterocycles. The number of pyridine rings is 1. The van der Waals surface area contributed by atoms with Crippen LogP contribution in [0.5, 0.6) is 0 Å². The number of hydrogen-bond donors (Lipinski definition) is 2. The summed E-state index contributed by atoms with van der Waals surface area (Å²) < 4.78 is 54.9. The minimum absolute atomic E-state index is 0.195. The van der Waals surface area contributed by atoms with Crippen LogP contribution in [0.1, 0.15) is 30.6 Å². The molecule has 8 heteroatoms. The lowest BCUT2D eigenvalue weighted by Gasteiger charge is -2.16. The standard InChI is InChI=1S/C19H18F2N2O3S/c1-2-9-27(25,26)23-16-8-7-14(20)17(18(16)21)19(24)13-10-12-5-3-4-6-15(12)22-11-13/h3-8,10-11,19,23-24H,2,9H2,1H3. The van der Waals surface area contributed by atoms with Crippen molar-refractivity contribution in [3.63, 3.8) is 0 Å². The lowest BCUT2D eigenvalue weighted by atomic mass is 10.00. The molecule has 142 valence electrons. The van der Waals surface area contributed by atoms with Gasteiger partial charge in [-0.3, -0.25) is 9.71 Å². The topological polar surface area (TPSA) is 79.3 Å². The summed E-state index contributed by atoms with van der Waals surface area (Å²) in [6.45, 7) is 1.67. The van der Waals surface area contributed by atoms with Crippen LogP contribution >= 0.6 is 0 Å². The lowest BCUT2D eigenvalue weighted by molar-refractivity contribution is 0.209. The Bertz CT molecular complexity index is 1090. The molecule has 3 aromatic rings. The molecule has 5 nitrogen and oxygen atoms in total. The van der Waals surface area contributed by atoms with Gasteiger partial charge in [-0.1, -0.05) is 25.1 Å². The largest absolute Gasteiger partial charge is 0.383 e. The summed E-state index contributed by atoms with van der Waals surface area (Å²) >= 11 is 0. The first-order chi connectivity index (χ1) is 12.8. The van der Waals surface area contributed by atoms with Crippen LogP contribution in [0.3, 0.4) is 0 Å². The van der Waals surface area contributed by atoms with Gasteiger partial charge >= 0.3 is 0 Å². The molecule has 0 spiro atoms. The van der Waals surface area contributed by atoms with Gasteiger partial charge in [0.25, 0.3) is 0 Å². The molecule has 0 bridgehead atoms. The van der Waals surface area contributed by atoms with E-state index in [0.717, 1.165) is 12.1 Å². The molecule has 1 atom stereocenters. The second-order valence-electron chi connectivity index (χ2n) is 6.11. The number of sulfonamides is 1. The number of para-hydroxylation sites is 1. The number of hydrogen-bond acceptors (Lipinski definition) is 4. The van der Waals surface area contributed by atoms with Crippen LogP contribution in [0.15, 0.2) is 48.7 Å². The molecule has 3 rings (SSSR count). The van der Waals surface area contributed by atoms with Gasteiger partial charge in [0.2, 0.25) is 10.0 Å². The monoisotopic (exact) mass is 392 g/mol. The average molecular weight is 392 g/mol. The number of benzene rings is 2. The summed E-state index contributed by atoms with van der Waals surface area (Å²) in [4.78, 5) is 4.18. The van der Waals surface area contributed by atoms with Gasteiger partial charge in [-0.2, -0.15) is 0 Å². The van der Waals surface area contributed by atoms with Crippen molar-refractivity contribution in [3.8, 4) is 0 Å². The number of nitrogens with zero attached hydrogens (tertiary/aromatic N) is 1. The third kappa shape index (κ3) is 4.06. The van der Waals surface area contributed by atoms with Gasteiger partial charge in [0.05, 0.1) is 22.5 Å². The summed E-state index contributed by atoms with van der Waals surface area (Å²) in [6, 6.07) is 10.6. The first-order valence-electron chi connectivity index (χ1n) is 8.33. The fourth-order valence-electron chi connectivity index (χ4n) is 2.79. The maximum atomic E-state index is 14.8. The van der Waals surface area contributed by atoms with Gasteiger partial charge in [0.15, 0.2) is 5.82 Å². The fourth-order valence-corrected chi connectivity index (χ4v) is 3.92. The van der Waals surface area contributed by atoms with Crippen molar-refractivity contribution in [2.45, 2.75) is 19.4 Å². The first-order valence-corrected chi connectivity index (χ1v) is 9.98. The van der Waals surface area contributed by atoms with Crippen LogP contribution in [-0.4, -0.2) is 24.3 Å². The minimum Gasteiger partial charge on any atom is -0.383 e. The predicted octanol–water partition coefficient (Wildman–Crippen LogP) is 3.75. The van der Waals surface area contributed by atoms with Crippen molar-refractivity contribution < 1.29 is 22.3 Å². The van der Waals surface area contributed by atoms with Crippen LogP contribution in [0.25, 0.3) is 10.9 Å². The highest BCUT2D eigenvalue weighted by Gasteiger charge is 2.24. The number of nitrogens with one attached hydrogen (secondary N) is 1. The summed E-state index contributed by atoms with van der Waals surface area (Å²) in [5, 5.41) is 11.2. The van der Waals surface area contributed by atoms with E-state index in [-0.39, 0.29) is 11.3 Å². The van der Waals surface area contributed by atoms with Gasteiger partial charge in [0, 0.05) is 17.1 Å². The Kier molecular flexibility index (Phi) is 5.38. The molecule has 1 aromatic heterocycles. The van der Waals surface area contributed by atoms with Crippen LogP contribution in [0.2, 0.25) is 0 Å². The van der Waals surface area contributed by atoms with Crippen molar-refractivity contribution in [2.75, 3.05) is 10.5 Å². The maximum Gasteiger partial charge on any atom is 0.232 e. The summed E-state index contributed by atoms with van der Waals surface area (Å²) in [5.74, 6) is -2.34. The van der Waals surface area contributed by atoms with E-state index in [9.17, 15) is 22.3 Å². The lowest BCUT2D eigenvalue weighted by Crippen LogP contribution is -2.18. The van der Waals surface area contributed by atoms with Crippen molar-refractivity contribution in [1.29, 1.82) is 0 Å². The van der Waals surface area contributed by atoms with Gasteiger partial charge < -0.3 is 5.11 Å². The first kappa shape index (κ1) is 19.2. The SMILES string of the molecule is CCCS(=O)(=O)Nc1ccc(F)c(C(O)c2cnc3ccccc3c2)c1F. The average Bonchev–Trinajstić information content (AvgIpc) is 2.63. The Morgan fingerprint density at radius 1 is 1.19 bits per heavy atom. The van der Waals surface area contributed by atoms with E-state index in [1.54, 1.807) is 37.3 Å². The van der Waals surface area contributed by atoms with Crippen molar-refractivity contribution in [1.82, 2.24) is 4.98 Å². The number of fused-ring (bicyclic) bond motifs is 1. The molecule has 0 aliphatic rings. The molecule has 0 saturated heterocycles. The zero-order valence-electron chi connectivity index (χ0n) is 14.5. The molecule has 0 aliphatic carbocycles. The molecular weight excluding hydrogens is 374 g/mol. The van der Waals surface area contributed by atoms with E-state index in [1.165, 1.54) is 6.20 Å². The molecule has 0 saturated carbocycles. The summed E-state index contributed by atoms with van der Waals surface area (Å²) in [7, 11) is -3.76. The third-order valence-corrected chi connectivity index (χ3v) is 5.54. The number of aromatic nitrogens is 1. The molecule has 0 amide bonds. The van der Waals surface area contributed by atoms with E-state index in [1.807, 2.05) is 0 Å².